The number of nitrogens with two attached hydrogens (primary N) is 1. The maximum Gasteiger partial charge on any atom is 0.227 e. The molecule has 0 saturated carbocycles. The van der Waals surface area contributed by atoms with E-state index < -0.39 is 17.9 Å². The van der Waals surface area contributed by atoms with Crippen LogP contribution in [0.5, 0.6) is 0 Å². The Morgan fingerprint density at radius 3 is 2.72 bits per heavy atom. The van der Waals surface area contributed by atoms with Crippen LogP contribution in [0.1, 0.15) is 44.7 Å². The lowest BCUT2D eigenvalue weighted by atomic mass is 9.99. The zero-order chi connectivity index (χ0) is 18.8. The summed E-state index contributed by atoms with van der Waals surface area (Å²) in [6, 6.07) is 5.74. The number of hydrogen-bond donors (Lipinski definition) is 2. The summed E-state index contributed by atoms with van der Waals surface area (Å²) in [6.45, 7) is 9.55. The second-order valence-electron chi connectivity index (χ2n) is 7.58. The molecule has 1 aromatic rings. The molecule has 0 fully saturated rings. The van der Waals surface area contributed by atoms with Gasteiger partial charge in [-0.1, -0.05) is 26.8 Å². The third-order valence-corrected chi connectivity index (χ3v) is 5.64. The summed E-state index contributed by atoms with van der Waals surface area (Å²) in [7, 11) is 2.03. The molecule has 0 spiro atoms. The minimum Gasteiger partial charge on any atom is -0.392 e. The second-order valence-corrected chi connectivity index (χ2v) is 9.50. The number of benzene rings is 1. The Balaban J connectivity index is 2.09. The van der Waals surface area contributed by atoms with Crippen molar-refractivity contribution in [2.75, 3.05) is 19.3 Å². The highest BCUT2D eigenvalue weighted by Crippen LogP contribution is 2.35. The molecule has 138 valence electrons. The van der Waals surface area contributed by atoms with Crippen LogP contribution in [-0.2, 0) is 11.2 Å². The molecule has 2 atom stereocenters. The van der Waals surface area contributed by atoms with Crippen LogP contribution >= 0.6 is 11.8 Å². The van der Waals surface area contributed by atoms with E-state index in [2.05, 4.69) is 30.7 Å². The number of nitrogens with zero attached hydrogens (tertiary/aromatic N) is 2. The van der Waals surface area contributed by atoms with Crippen LogP contribution in [0.15, 0.2) is 23.2 Å². The lowest BCUT2D eigenvalue weighted by Gasteiger charge is -2.22. The normalized spacial score (nSPS) is 20.5. The van der Waals surface area contributed by atoms with Gasteiger partial charge in [0.05, 0.1) is 17.7 Å². The van der Waals surface area contributed by atoms with Crippen LogP contribution in [0.25, 0.3) is 0 Å². The fourth-order valence-electron chi connectivity index (χ4n) is 2.94. The molecule has 0 radical (unpaired) electrons. The molecule has 2 unspecified atom stereocenters. The van der Waals surface area contributed by atoms with Gasteiger partial charge in [-0.05, 0) is 36.6 Å². The van der Waals surface area contributed by atoms with Crippen molar-refractivity contribution in [2.24, 2.45) is 10.7 Å². The van der Waals surface area contributed by atoms with Gasteiger partial charge in [0.1, 0.15) is 5.84 Å². The number of primary amides is 1. The Kier molecular flexibility index (Phi) is 6.16. The van der Waals surface area contributed by atoms with Crippen LogP contribution in [0.4, 0.5) is 5.69 Å². The lowest BCUT2D eigenvalue weighted by Crippen LogP contribution is -2.28. The Labute approximate surface area is 154 Å². The first-order chi connectivity index (χ1) is 11.6. The van der Waals surface area contributed by atoms with Crippen molar-refractivity contribution in [3.63, 3.8) is 0 Å². The summed E-state index contributed by atoms with van der Waals surface area (Å²) < 4.78 is 0.260. The largest absolute Gasteiger partial charge is 0.392 e. The number of carbonyl (C=O) groups excluding carboxylic acids is 1. The topological polar surface area (TPSA) is 78.9 Å². The SMILES string of the molecule is CC(=Nc1ccc2c(c1)C(C(N)=O)C(O)C2)N(C)CCSC(C)(C)C. The molecule has 3 N–H and O–H groups in total. The second kappa shape index (κ2) is 7.79. The minimum atomic E-state index is -0.732. The Hall–Kier alpha value is -1.53. The zero-order valence-electron chi connectivity index (χ0n) is 15.7. The number of aliphatic imine (C=N–C) groups is 1. The van der Waals surface area contributed by atoms with Gasteiger partial charge in [0.15, 0.2) is 0 Å². The van der Waals surface area contributed by atoms with E-state index in [0.29, 0.717) is 6.42 Å². The molecular formula is C19H29N3O2S. The predicted molar refractivity (Wildman–Crippen MR) is 106 cm³/mol. The number of aliphatic hydroxyl groups is 1. The van der Waals surface area contributed by atoms with Gasteiger partial charge in [0, 0.05) is 24.1 Å². The number of carbonyl (C=O) groups is 1. The minimum absolute atomic E-state index is 0.260. The van der Waals surface area contributed by atoms with Gasteiger partial charge in [-0.3, -0.25) is 4.79 Å². The highest BCUT2D eigenvalue weighted by atomic mass is 32.2. The number of thioether (sulfide) groups is 1. The van der Waals surface area contributed by atoms with E-state index >= 15 is 0 Å². The summed E-state index contributed by atoms with van der Waals surface area (Å²) in [5.41, 5.74) is 8.01. The number of hydrogen-bond acceptors (Lipinski definition) is 4. The number of amides is 1. The monoisotopic (exact) mass is 363 g/mol. The number of fused-ring (bicyclic) bond motifs is 1. The van der Waals surface area contributed by atoms with Crippen molar-refractivity contribution in [3.8, 4) is 0 Å². The quantitative estimate of drug-likeness (QED) is 0.623. The number of rotatable bonds is 5. The third-order valence-electron chi connectivity index (χ3n) is 4.39. The first-order valence-electron chi connectivity index (χ1n) is 8.59. The summed E-state index contributed by atoms with van der Waals surface area (Å²) in [5, 5.41) is 10.1. The molecule has 0 aliphatic heterocycles. The molecule has 25 heavy (non-hydrogen) atoms. The third kappa shape index (κ3) is 5.22. The van der Waals surface area contributed by atoms with E-state index in [1.54, 1.807) is 0 Å². The molecule has 1 aliphatic rings. The average Bonchev–Trinajstić information content (AvgIpc) is 2.80. The molecule has 0 saturated heterocycles. The highest BCUT2D eigenvalue weighted by molar-refractivity contribution is 8.00. The maximum atomic E-state index is 11.6. The molecule has 1 aliphatic carbocycles. The van der Waals surface area contributed by atoms with E-state index in [1.165, 1.54) is 0 Å². The summed E-state index contributed by atoms with van der Waals surface area (Å²) in [6.07, 6.45) is -0.263. The number of aliphatic hydroxyl groups excluding tert-OH is 1. The first kappa shape index (κ1) is 19.8. The molecule has 1 aromatic carbocycles. The van der Waals surface area contributed by atoms with Crippen molar-refractivity contribution >= 4 is 29.2 Å². The molecule has 0 bridgehead atoms. The molecule has 0 aromatic heterocycles. The van der Waals surface area contributed by atoms with E-state index in [1.807, 2.05) is 43.9 Å². The molecule has 2 rings (SSSR count). The van der Waals surface area contributed by atoms with E-state index in [4.69, 9.17) is 5.73 Å². The molecule has 1 amide bonds. The maximum absolute atomic E-state index is 11.6. The van der Waals surface area contributed by atoms with E-state index in [9.17, 15) is 9.90 Å². The van der Waals surface area contributed by atoms with Crippen LogP contribution in [-0.4, -0.2) is 51.9 Å². The smallest absolute Gasteiger partial charge is 0.227 e. The van der Waals surface area contributed by atoms with Crippen LogP contribution in [0, 0.1) is 0 Å². The first-order valence-corrected chi connectivity index (χ1v) is 9.57. The Morgan fingerprint density at radius 2 is 2.12 bits per heavy atom. The van der Waals surface area contributed by atoms with Gasteiger partial charge < -0.3 is 15.7 Å². The summed E-state index contributed by atoms with van der Waals surface area (Å²) in [4.78, 5) is 18.4. The number of amidine groups is 1. The fraction of sp³-hybridized carbons (Fsp3) is 0.579. The highest BCUT2D eigenvalue weighted by Gasteiger charge is 2.35. The standard InChI is InChI=1S/C19H29N3O2S/c1-12(22(5)8-9-25-19(2,3)4)21-14-7-6-13-10-16(23)17(18(20)24)15(13)11-14/h6-7,11,16-17,23H,8-10H2,1-5H3,(H2,20,24). The molecular weight excluding hydrogens is 334 g/mol. The molecule has 6 heteroatoms. The van der Waals surface area contributed by atoms with Gasteiger partial charge in [-0.25, -0.2) is 4.99 Å². The average molecular weight is 364 g/mol. The van der Waals surface area contributed by atoms with Crippen molar-refractivity contribution in [2.45, 2.75) is 50.9 Å². The van der Waals surface area contributed by atoms with Crippen molar-refractivity contribution in [3.05, 3.63) is 29.3 Å². The van der Waals surface area contributed by atoms with Gasteiger partial charge in [0.2, 0.25) is 5.91 Å². The van der Waals surface area contributed by atoms with Gasteiger partial charge >= 0.3 is 0 Å². The summed E-state index contributed by atoms with van der Waals surface area (Å²) in [5.74, 6) is 0.836. The Morgan fingerprint density at radius 1 is 1.44 bits per heavy atom. The van der Waals surface area contributed by atoms with E-state index in [0.717, 1.165) is 34.9 Å². The lowest BCUT2D eigenvalue weighted by molar-refractivity contribution is -0.121. The van der Waals surface area contributed by atoms with E-state index in [-0.39, 0.29) is 4.75 Å². The fourth-order valence-corrected chi connectivity index (χ4v) is 3.92. The summed E-state index contributed by atoms with van der Waals surface area (Å²) >= 11 is 1.93. The zero-order valence-corrected chi connectivity index (χ0v) is 16.6. The van der Waals surface area contributed by atoms with Crippen LogP contribution in [0.3, 0.4) is 0 Å². The van der Waals surface area contributed by atoms with Crippen molar-refractivity contribution in [1.29, 1.82) is 0 Å². The predicted octanol–water partition coefficient (Wildman–Crippen LogP) is 2.69. The van der Waals surface area contributed by atoms with Crippen molar-refractivity contribution < 1.29 is 9.90 Å². The van der Waals surface area contributed by atoms with Gasteiger partial charge in [0.25, 0.3) is 0 Å². The van der Waals surface area contributed by atoms with Crippen LogP contribution < -0.4 is 5.73 Å². The van der Waals surface area contributed by atoms with Gasteiger partial charge in [-0.15, -0.1) is 0 Å². The van der Waals surface area contributed by atoms with Crippen LogP contribution in [0.2, 0.25) is 0 Å². The Bertz CT molecular complexity index is 667. The molecule has 0 heterocycles. The van der Waals surface area contributed by atoms with Gasteiger partial charge in [-0.2, -0.15) is 11.8 Å². The molecule has 5 nitrogen and oxygen atoms in total. The van der Waals surface area contributed by atoms with Crippen molar-refractivity contribution in [1.82, 2.24) is 4.90 Å².